The van der Waals surface area contributed by atoms with Crippen molar-refractivity contribution in [2.75, 3.05) is 49.8 Å². The van der Waals surface area contributed by atoms with Gasteiger partial charge in [0.25, 0.3) is 0 Å². The van der Waals surface area contributed by atoms with Gasteiger partial charge in [-0.15, -0.1) is 0 Å². The maximum Gasteiger partial charge on any atom is 0.343 e. The van der Waals surface area contributed by atoms with Gasteiger partial charge < -0.3 is 19.1 Å². The van der Waals surface area contributed by atoms with Crippen LogP contribution in [0, 0.1) is 0 Å². The van der Waals surface area contributed by atoms with Crippen molar-refractivity contribution in [2.45, 2.75) is 12.3 Å². The first-order valence-corrected chi connectivity index (χ1v) is 12.7. The second-order valence-electron chi connectivity index (χ2n) is 8.42. The zero-order valence-corrected chi connectivity index (χ0v) is 20.6. The Labute approximate surface area is 206 Å². The second-order valence-corrected chi connectivity index (χ2v) is 9.53. The van der Waals surface area contributed by atoms with Gasteiger partial charge in [-0.1, -0.05) is 73.7 Å². The van der Waals surface area contributed by atoms with Crippen LogP contribution in [0.3, 0.4) is 0 Å². The molecule has 6 heteroatoms. The summed E-state index contributed by atoms with van der Waals surface area (Å²) >= 11 is 1.96. The first kappa shape index (κ1) is 24.0. The highest BCUT2D eigenvalue weighted by molar-refractivity contribution is 7.99. The van der Waals surface area contributed by atoms with E-state index < -0.39 is 5.97 Å². The zero-order valence-electron chi connectivity index (χ0n) is 19.7. The molecule has 0 aromatic heterocycles. The fourth-order valence-corrected chi connectivity index (χ4v) is 5.45. The number of thioether (sulfide) groups is 1. The molecule has 0 unspecified atom stereocenters. The number of hydrogen-bond donors (Lipinski definition) is 0. The van der Waals surface area contributed by atoms with Crippen molar-refractivity contribution in [3.05, 3.63) is 90.0 Å². The lowest BCUT2D eigenvalue weighted by Crippen LogP contribution is -2.35. The molecule has 178 valence electrons. The molecule has 0 radical (unpaired) electrons. The van der Waals surface area contributed by atoms with Crippen LogP contribution in [0.2, 0.25) is 0 Å². The second kappa shape index (κ2) is 11.3. The van der Waals surface area contributed by atoms with E-state index in [0.717, 1.165) is 30.3 Å². The van der Waals surface area contributed by atoms with E-state index in [9.17, 15) is 4.79 Å². The first-order chi connectivity index (χ1) is 16.6. The molecular weight excluding hydrogens is 446 g/mol. The number of carbonyl (C=O) groups excluding carboxylic acids is 1. The van der Waals surface area contributed by atoms with Gasteiger partial charge in [-0.2, -0.15) is 11.8 Å². The highest BCUT2D eigenvalue weighted by atomic mass is 32.2. The summed E-state index contributed by atoms with van der Waals surface area (Å²) in [5.41, 5.74) is 3.60. The smallest absolute Gasteiger partial charge is 0.343 e. The van der Waals surface area contributed by atoms with Crippen molar-refractivity contribution in [2.24, 2.45) is 0 Å². The van der Waals surface area contributed by atoms with Gasteiger partial charge >= 0.3 is 5.97 Å². The van der Waals surface area contributed by atoms with E-state index in [-0.39, 0.29) is 12.0 Å². The summed E-state index contributed by atoms with van der Waals surface area (Å²) in [6, 6.07) is 27.3. The predicted molar refractivity (Wildman–Crippen MR) is 138 cm³/mol. The number of nitrogens with zero attached hydrogens (tertiary/aromatic N) is 1. The summed E-state index contributed by atoms with van der Waals surface area (Å²) in [7, 11) is 1.35. The minimum absolute atomic E-state index is 0.0645. The number of para-hydroxylation sites is 1. The van der Waals surface area contributed by atoms with Crippen LogP contribution in [-0.4, -0.2) is 50.9 Å². The molecule has 0 saturated carbocycles. The number of benzene rings is 3. The average molecular weight is 478 g/mol. The van der Waals surface area contributed by atoms with Gasteiger partial charge in [0.15, 0.2) is 18.1 Å². The van der Waals surface area contributed by atoms with E-state index in [2.05, 4.69) is 77.2 Å². The maximum atomic E-state index is 11.5. The minimum atomic E-state index is -0.415. The lowest BCUT2D eigenvalue weighted by Gasteiger charge is -2.33. The molecule has 1 aliphatic rings. The zero-order chi connectivity index (χ0) is 23.8. The van der Waals surface area contributed by atoms with Gasteiger partial charge in [-0.3, -0.25) is 0 Å². The Bertz CT molecular complexity index is 1030. The standard InChI is InChI=1S/C28H31NO4S/c1-28(22-10-5-3-6-11-22,23-12-7-4-8-13-23)21-34-19-17-29-16-18-32-27-24(29)14-9-15-25(27)33-20-26(30)31-2/h3-15H,16-21H2,1-2H3. The highest BCUT2D eigenvalue weighted by Crippen LogP contribution is 2.40. The molecule has 0 spiro atoms. The molecule has 1 aliphatic heterocycles. The van der Waals surface area contributed by atoms with Gasteiger partial charge in [0, 0.05) is 23.5 Å². The fourth-order valence-electron chi connectivity index (χ4n) is 4.21. The number of fused-ring (bicyclic) bond motifs is 1. The predicted octanol–water partition coefficient (Wildman–Crippen LogP) is 5.18. The molecular formula is C28H31NO4S. The van der Waals surface area contributed by atoms with Crippen molar-refractivity contribution >= 4 is 23.4 Å². The Morgan fingerprint density at radius 2 is 1.68 bits per heavy atom. The van der Waals surface area contributed by atoms with Crippen LogP contribution in [0.15, 0.2) is 78.9 Å². The van der Waals surface area contributed by atoms with Crippen molar-refractivity contribution in [3.63, 3.8) is 0 Å². The highest BCUT2D eigenvalue weighted by Gasteiger charge is 2.29. The molecule has 3 aromatic carbocycles. The summed E-state index contributed by atoms with van der Waals surface area (Å²) in [5, 5.41) is 0. The lowest BCUT2D eigenvalue weighted by atomic mass is 9.78. The van der Waals surface area contributed by atoms with Crippen LogP contribution in [0.4, 0.5) is 5.69 Å². The van der Waals surface area contributed by atoms with Crippen LogP contribution in [-0.2, 0) is 14.9 Å². The summed E-state index contributed by atoms with van der Waals surface area (Å²) in [6.07, 6.45) is 0. The third-order valence-electron chi connectivity index (χ3n) is 6.20. The van der Waals surface area contributed by atoms with Crippen LogP contribution in [0.25, 0.3) is 0 Å². The van der Waals surface area contributed by atoms with Gasteiger partial charge in [0.1, 0.15) is 6.61 Å². The molecule has 0 aliphatic carbocycles. The molecule has 0 fully saturated rings. The Hall–Kier alpha value is -3.12. The maximum absolute atomic E-state index is 11.5. The summed E-state index contributed by atoms with van der Waals surface area (Å²) in [5.74, 6) is 2.83. The number of anilines is 1. The molecule has 0 atom stereocenters. The van der Waals surface area contributed by atoms with E-state index >= 15 is 0 Å². The third kappa shape index (κ3) is 5.50. The van der Waals surface area contributed by atoms with Crippen molar-refractivity contribution in [1.29, 1.82) is 0 Å². The summed E-state index contributed by atoms with van der Waals surface area (Å²) < 4.78 is 16.2. The van der Waals surface area contributed by atoms with E-state index in [1.165, 1.54) is 18.2 Å². The van der Waals surface area contributed by atoms with Crippen LogP contribution in [0.5, 0.6) is 11.5 Å². The Morgan fingerprint density at radius 3 is 2.32 bits per heavy atom. The van der Waals surface area contributed by atoms with Crippen LogP contribution >= 0.6 is 11.8 Å². The normalized spacial score (nSPS) is 13.1. The molecule has 0 N–H and O–H groups in total. The molecule has 0 amide bonds. The van der Waals surface area contributed by atoms with E-state index in [1.807, 2.05) is 30.0 Å². The van der Waals surface area contributed by atoms with Gasteiger partial charge in [0.05, 0.1) is 19.3 Å². The largest absolute Gasteiger partial charge is 0.486 e. The van der Waals surface area contributed by atoms with Gasteiger partial charge in [-0.05, 0) is 23.3 Å². The van der Waals surface area contributed by atoms with E-state index in [1.54, 1.807) is 0 Å². The Kier molecular flexibility index (Phi) is 8.01. The Balaban J connectivity index is 1.41. The molecule has 3 aromatic rings. The molecule has 0 bridgehead atoms. The van der Waals surface area contributed by atoms with Crippen molar-refractivity contribution in [3.8, 4) is 11.5 Å². The molecule has 0 saturated heterocycles. The third-order valence-corrected chi connectivity index (χ3v) is 7.45. The fraction of sp³-hybridized carbons (Fsp3) is 0.321. The topological polar surface area (TPSA) is 48.0 Å². The molecule has 4 rings (SSSR count). The SMILES string of the molecule is COC(=O)COc1cccc2c1OCCN2CCSCC(C)(c1ccccc1)c1ccccc1. The summed E-state index contributed by atoms with van der Waals surface area (Å²) in [6.45, 7) is 4.51. The van der Waals surface area contributed by atoms with E-state index in [0.29, 0.717) is 18.1 Å². The molecule has 5 nitrogen and oxygen atoms in total. The number of rotatable bonds is 10. The first-order valence-electron chi connectivity index (χ1n) is 11.5. The number of esters is 1. The van der Waals surface area contributed by atoms with Crippen molar-refractivity contribution in [1.82, 2.24) is 0 Å². The number of methoxy groups -OCH3 is 1. The van der Waals surface area contributed by atoms with E-state index in [4.69, 9.17) is 9.47 Å². The Morgan fingerprint density at radius 1 is 1.00 bits per heavy atom. The quantitative estimate of drug-likeness (QED) is 0.296. The van der Waals surface area contributed by atoms with Gasteiger partial charge in [-0.25, -0.2) is 4.79 Å². The number of ether oxygens (including phenoxy) is 3. The number of carbonyl (C=O) groups is 1. The number of hydrogen-bond acceptors (Lipinski definition) is 6. The summed E-state index contributed by atoms with van der Waals surface area (Å²) in [4.78, 5) is 13.8. The average Bonchev–Trinajstić information content (AvgIpc) is 2.90. The van der Waals surface area contributed by atoms with Crippen LogP contribution in [0.1, 0.15) is 18.1 Å². The van der Waals surface area contributed by atoms with Crippen LogP contribution < -0.4 is 14.4 Å². The molecule has 1 heterocycles. The lowest BCUT2D eigenvalue weighted by molar-refractivity contribution is -0.142. The monoisotopic (exact) mass is 477 g/mol. The van der Waals surface area contributed by atoms with Crippen molar-refractivity contribution < 1.29 is 19.0 Å². The van der Waals surface area contributed by atoms with Gasteiger partial charge in [0.2, 0.25) is 0 Å². The minimum Gasteiger partial charge on any atom is -0.486 e. The molecule has 34 heavy (non-hydrogen) atoms.